The number of piperazine rings is 1. The number of rotatable bonds is 2. The van der Waals surface area contributed by atoms with Gasteiger partial charge in [-0.2, -0.15) is 0 Å². The van der Waals surface area contributed by atoms with E-state index in [4.69, 9.17) is 9.97 Å². The Bertz CT molecular complexity index is 1140. The summed E-state index contributed by atoms with van der Waals surface area (Å²) in [5.41, 5.74) is 4.82. The van der Waals surface area contributed by atoms with Gasteiger partial charge in [-0.1, -0.05) is 44.7 Å². The van der Waals surface area contributed by atoms with Crippen LogP contribution in [0, 0.1) is 13.8 Å². The lowest BCUT2D eigenvalue weighted by atomic mass is 10.1. The molecule has 7 heteroatoms. The van der Waals surface area contributed by atoms with Crippen LogP contribution in [0.15, 0.2) is 34.8 Å². The first-order valence-electron chi connectivity index (χ1n) is 9.00. The largest absolute Gasteiger partial charge is 0.345 e. The summed E-state index contributed by atoms with van der Waals surface area (Å²) in [7, 11) is 0. The first-order valence-corrected chi connectivity index (χ1v) is 11.4. The Kier molecular flexibility index (Phi) is 4.33. The number of nitrogens with zero attached hydrogens (tertiary/aromatic N) is 4. The molecule has 138 valence electrons. The Morgan fingerprint density at radius 1 is 0.852 bits per heavy atom. The molecule has 0 N–H and O–H groups in total. The minimum Gasteiger partial charge on any atom is -0.345 e. The van der Waals surface area contributed by atoms with Crippen molar-refractivity contribution in [1.82, 2.24) is 9.97 Å². The Morgan fingerprint density at radius 2 is 1.52 bits per heavy atom. The first-order chi connectivity index (χ1) is 13.1. The highest BCUT2D eigenvalue weighted by Crippen LogP contribution is 2.34. The van der Waals surface area contributed by atoms with Crippen LogP contribution < -0.4 is 9.80 Å². The second-order valence-corrected chi connectivity index (χ2v) is 9.91. The van der Waals surface area contributed by atoms with Crippen LogP contribution in [-0.2, 0) is 0 Å². The van der Waals surface area contributed by atoms with Crippen LogP contribution in [0.5, 0.6) is 0 Å². The third-order valence-corrected chi connectivity index (χ3v) is 7.81. The van der Waals surface area contributed by atoms with Crippen molar-refractivity contribution in [3.8, 4) is 0 Å². The van der Waals surface area contributed by atoms with Crippen LogP contribution in [0.3, 0.4) is 0 Å². The summed E-state index contributed by atoms with van der Waals surface area (Å²) >= 11 is 7.14. The standard InChI is InChI=1S/C20H19BrN4S2/c1-12-9-13(2)18-16(10-12)23-20(27-18)25-7-5-24(6-8-25)19-22-15-4-3-14(21)11-17(15)26-19/h3-4,9-11H,5-8H2,1-2H3. The highest BCUT2D eigenvalue weighted by atomic mass is 79.9. The number of aromatic nitrogens is 2. The fraction of sp³-hybridized carbons (Fsp3) is 0.300. The zero-order valence-electron chi connectivity index (χ0n) is 15.2. The molecule has 0 atom stereocenters. The molecule has 0 saturated carbocycles. The Labute approximate surface area is 174 Å². The maximum atomic E-state index is 4.91. The molecule has 1 aliphatic heterocycles. The third kappa shape index (κ3) is 3.22. The number of thiazole rings is 2. The van der Waals surface area contributed by atoms with Gasteiger partial charge in [0, 0.05) is 30.7 Å². The van der Waals surface area contributed by atoms with Gasteiger partial charge in [0.15, 0.2) is 10.3 Å². The molecule has 0 unspecified atom stereocenters. The van der Waals surface area contributed by atoms with Gasteiger partial charge >= 0.3 is 0 Å². The number of benzene rings is 2. The summed E-state index contributed by atoms with van der Waals surface area (Å²) in [4.78, 5) is 14.5. The van der Waals surface area contributed by atoms with E-state index in [2.05, 4.69) is 69.9 Å². The molecular weight excluding hydrogens is 440 g/mol. The van der Waals surface area contributed by atoms with Crippen molar-refractivity contribution < 1.29 is 0 Å². The number of aryl methyl sites for hydroxylation is 2. The minimum atomic E-state index is 0.981. The van der Waals surface area contributed by atoms with Gasteiger partial charge in [0.1, 0.15) is 0 Å². The van der Waals surface area contributed by atoms with Crippen LogP contribution in [0.25, 0.3) is 20.4 Å². The van der Waals surface area contributed by atoms with Crippen molar-refractivity contribution >= 4 is 69.3 Å². The van der Waals surface area contributed by atoms with Gasteiger partial charge in [-0.05, 0) is 49.2 Å². The maximum Gasteiger partial charge on any atom is 0.186 e. The normalized spacial score (nSPS) is 15.2. The lowest BCUT2D eigenvalue weighted by Crippen LogP contribution is -2.46. The number of halogens is 1. The molecule has 1 fully saturated rings. The second-order valence-electron chi connectivity index (χ2n) is 7.01. The summed E-state index contributed by atoms with van der Waals surface area (Å²) in [5, 5.41) is 2.27. The Hall–Kier alpha value is -1.70. The van der Waals surface area contributed by atoms with Gasteiger partial charge in [0.2, 0.25) is 0 Å². The van der Waals surface area contributed by atoms with Crippen LogP contribution in [0.2, 0.25) is 0 Å². The molecule has 3 heterocycles. The highest BCUT2D eigenvalue weighted by molar-refractivity contribution is 9.10. The molecule has 2 aromatic heterocycles. The van der Waals surface area contributed by atoms with Gasteiger partial charge in [-0.15, -0.1) is 0 Å². The van der Waals surface area contributed by atoms with Crippen LogP contribution in [-0.4, -0.2) is 36.1 Å². The topological polar surface area (TPSA) is 32.3 Å². The summed E-state index contributed by atoms with van der Waals surface area (Å²) in [5.74, 6) is 0. The van der Waals surface area contributed by atoms with Crippen molar-refractivity contribution in [2.45, 2.75) is 13.8 Å². The lowest BCUT2D eigenvalue weighted by molar-refractivity contribution is 0.651. The van der Waals surface area contributed by atoms with Gasteiger partial charge in [-0.3, -0.25) is 0 Å². The van der Waals surface area contributed by atoms with E-state index < -0.39 is 0 Å². The predicted molar refractivity (Wildman–Crippen MR) is 121 cm³/mol. The molecule has 1 aliphatic rings. The SMILES string of the molecule is Cc1cc(C)c2sc(N3CCN(c4nc5ccc(Br)cc5s4)CC3)nc2c1. The molecular formula is C20H19BrN4S2. The third-order valence-electron chi connectivity index (χ3n) is 4.97. The number of hydrogen-bond acceptors (Lipinski definition) is 6. The van der Waals surface area contributed by atoms with Crippen molar-refractivity contribution in [1.29, 1.82) is 0 Å². The monoisotopic (exact) mass is 458 g/mol. The van der Waals surface area contributed by atoms with Crippen molar-refractivity contribution in [3.05, 3.63) is 45.9 Å². The minimum absolute atomic E-state index is 0.981. The van der Waals surface area contributed by atoms with E-state index in [0.29, 0.717) is 0 Å². The average Bonchev–Trinajstić information content (AvgIpc) is 3.25. The quantitative estimate of drug-likeness (QED) is 0.390. The van der Waals surface area contributed by atoms with E-state index in [0.717, 1.165) is 51.9 Å². The molecule has 4 nitrogen and oxygen atoms in total. The number of fused-ring (bicyclic) bond motifs is 2. The molecule has 2 aromatic carbocycles. The highest BCUT2D eigenvalue weighted by Gasteiger charge is 2.22. The molecule has 4 aromatic rings. The number of anilines is 2. The molecule has 0 amide bonds. The van der Waals surface area contributed by atoms with Crippen LogP contribution in [0.1, 0.15) is 11.1 Å². The van der Waals surface area contributed by atoms with Crippen LogP contribution in [0.4, 0.5) is 10.3 Å². The molecule has 0 spiro atoms. The van der Waals surface area contributed by atoms with Gasteiger partial charge in [-0.25, -0.2) is 9.97 Å². The summed E-state index contributed by atoms with van der Waals surface area (Å²) < 4.78 is 3.66. The van der Waals surface area contributed by atoms with E-state index in [1.807, 2.05) is 11.3 Å². The van der Waals surface area contributed by atoms with Gasteiger partial charge in [0.25, 0.3) is 0 Å². The average molecular weight is 459 g/mol. The zero-order chi connectivity index (χ0) is 18.5. The predicted octanol–water partition coefficient (Wildman–Crippen LogP) is 5.61. The summed E-state index contributed by atoms with van der Waals surface area (Å²) in [6.45, 7) is 8.25. The number of hydrogen-bond donors (Lipinski definition) is 0. The van der Waals surface area contributed by atoms with Gasteiger partial charge in [0.05, 0.1) is 20.4 Å². The van der Waals surface area contributed by atoms with E-state index in [9.17, 15) is 0 Å². The Morgan fingerprint density at radius 3 is 2.26 bits per heavy atom. The summed E-state index contributed by atoms with van der Waals surface area (Å²) in [6.07, 6.45) is 0. The van der Waals surface area contributed by atoms with Crippen LogP contribution >= 0.6 is 38.6 Å². The molecule has 0 aliphatic carbocycles. The fourth-order valence-electron chi connectivity index (χ4n) is 3.61. The fourth-order valence-corrected chi connectivity index (χ4v) is 6.25. The molecule has 1 saturated heterocycles. The Balaban J connectivity index is 1.35. The van der Waals surface area contributed by atoms with E-state index >= 15 is 0 Å². The van der Waals surface area contributed by atoms with Crippen molar-refractivity contribution in [2.24, 2.45) is 0 Å². The van der Waals surface area contributed by atoms with Crippen molar-refractivity contribution in [3.63, 3.8) is 0 Å². The molecule has 0 bridgehead atoms. The molecule has 5 rings (SSSR count). The summed E-state index contributed by atoms with van der Waals surface area (Å²) in [6, 6.07) is 10.7. The smallest absolute Gasteiger partial charge is 0.186 e. The maximum absolute atomic E-state index is 4.91. The second kappa shape index (κ2) is 6.72. The van der Waals surface area contributed by atoms with E-state index in [1.54, 1.807) is 11.3 Å². The lowest BCUT2D eigenvalue weighted by Gasteiger charge is -2.34. The zero-order valence-corrected chi connectivity index (χ0v) is 18.4. The van der Waals surface area contributed by atoms with Gasteiger partial charge < -0.3 is 9.80 Å². The van der Waals surface area contributed by atoms with E-state index in [1.165, 1.54) is 20.5 Å². The van der Waals surface area contributed by atoms with E-state index in [-0.39, 0.29) is 0 Å². The first kappa shape index (κ1) is 17.4. The van der Waals surface area contributed by atoms with Crippen molar-refractivity contribution in [2.75, 3.05) is 36.0 Å². The molecule has 27 heavy (non-hydrogen) atoms. The molecule has 0 radical (unpaired) electrons.